The van der Waals surface area contributed by atoms with Crippen LogP contribution in [0, 0.1) is 6.92 Å². The van der Waals surface area contributed by atoms with Crippen molar-refractivity contribution in [3.63, 3.8) is 0 Å². The monoisotopic (exact) mass is 427 g/mol. The molecule has 0 unspecified atom stereocenters. The van der Waals surface area contributed by atoms with E-state index < -0.39 is 17.6 Å². The number of anilines is 1. The number of carbonyl (C=O) groups excluding carboxylic acids is 1. The van der Waals surface area contributed by atoms with E-state index in [2.05, 4.69) is 20.8 Å². The van der Waals surface area contributed by atoms with Gasteiger partial charge in [0.05, 0.1) is 22.7 Å². The van der Waals surface area contributed by atoms with Crippen LogP contribution in [-0.4, -0.2) is 31.9 Å². The highest BCUT2D eigenvalue weighted by atomic mass is 35.5. The van der Waals surface area contributed by atoms with E-state index in [0.29, 0.717) is 10.8 Å². The van der Waals surface area contributed by atoms with Crippen LogP contribution in [0.3, 0.4) is 0 Å². The smallest absolute Gasteiger partial charge is 0.325 e. The summed E-state index contributed by atoms with van der Waals surface area (Å²) in [5, 5.41) is 13.9. The van der Waals surface area contributed by atoms with E-state index in [0.717, 1.165) is 29.5 Å². The van der Waals surface area contributed by atoms with E-state index in [1.54, 1.807) is 6.07 Å². The molecule has 0 saturated heterocycles. The average Bonchev–Trinajstić information content (AvgIpc) is 3.09. The molecule has 2 aromatic carbocycles. The van der Waals surface area contributed by atoms with Crippen LogP contribution in [0.5, 0.6) is 0 Å². The van der Waals surface area contributed by atoms with Crippen molar-refractivity contribution >= 4 is 35.0 Å². The topological polar surface area (TPSA) is 72.7 Å². The third-order valence-corrected chi connectivity index (χ3v) is 4.74. The summed E-state index contributed by atoms with van der Waals surface area (Å²) in [6.45, 7) is 1.92. The third kappa shape index (κ3) is 4.82. The zero-order valence-corrected chi connectivity index (χ0v) is 15.9. The quantitative estimate of drug-likeness (QED) is 0.612. The van der Waals surface area contributed by atoms with E-state index >= 15 is 0 Å². The number of hydrogen-bond acceptors (Lipinski definition) is 5. The minimum absolute atomic E-state index is 0.0722. The number of thioether (sulfide) groups is 1. The first-order valence-corrected chi connectivity index (χ1v) is 9.25. The van der Waals surface area contributed by atoms with Crippen LogP contribution in [0.2, 0.25) is 5.02 Å². The molecule has 0 bridgehead atoms. The van der Waals surface area contributed by atoms with Gasteiger partial charge in [0.1, 0.15) is 0 Å². The number of nitrogens with one attached hydrogen (secondary N) is 1. The van der Waals surface area contributed by atoms with Gasteiger partial charge in [-0.15, -0.1) is 5.10 Å². The summed E-state index contributed by atoms with van der Waals surface area (Å²) in [7, 11) is 0. The Morgan fingerprint density at radius 1 is 1.25 bits per heavy atom. The van der Waals surface area contributed by atoms with E-state index in [-0.39, 0.29) is 16.5 Å². The molecule has 1 heterocycles. The predicted octanol–water partition coefficient (Wildman–Crippen LogP) is 4.37. The SMILES string of the molecule is Cc1cccc(-n2nnnc2SCC(=O)Nc2ccc(Cl)cc2C(F)(F)F)c1. The molecule has 11 heteroatoms. The number of benzene rings is 2. The van der Waals surface area contributed by atoms with Gasteiger partial charge in [0, 0.05) is 5.02 Å². The van der Waals surface area contributed by atoms with E-state index in [1.165, 1.54) is 10.7 Å². The Hall–Kier alpha value is -2.59. The van der Waals surface area contributed by atoms with Crippen molar-refractivity contribution in [3.05, 3.63) is 58.6 Å². The zero-order chi connectivity index (χ0) is 20.3. The number of carbonyl (C=O) groups is 1. The second-order valence-corrected chi connectivity index (χ2v) is 7.12. The van der Waals surface area contributed by atoms with Crippen LogP contribution in [0.15, 0.2) is 47.6 Å². The van der Waals surface area contributed by atoms with Crippen LogP contribution in [-0.2, 0) is 11.0 Å². The number of nitrogens with zero attached hydrogens (tertiary/aromatic N) is 4. The molecule has 6 nitrogen and oxygen atoms in total. The van der Waals surface area contributed by atoms with Crippen molar-refractivity contribution < 1.29 is 18.0 Å². The van der Waals surface area contributed by atoms with Crippen LogP contribution < -0.4 is 5.32 Å². The standard InChI is InChI=1S/C17H13ClF3N5OS/c1-10-3-2-4-12(7-10)26-16(23-24-25-26)28-9-15(27)22-14-6-5-11(18)8-13(14)17(19,20)21/h2-8H,9H2,1H3,(H,22,27). The summed E-state index contributed by atoms with van der Waals surface area (Å²) in [6, 6.07) is 10.6. The number of tetrazole rings is 1. The molecule has 0 aliphatic rings. The molecular formula is C17H13ClF3N5OS. The summed E-state index contributed by atoms with van der Waals surface area (Å²) < 4.78 is 40.8. The highest BCUT2D eigenvalue weighted by molar-refractivity contribution is 7.99. The number of hydrogen-bond donors (Lipinski definition) is 1. The van der Waals surface area contributed by atoms with Crippen LogP contribution in [0.4, 0.5) is 18.9 Å². The van der Waals surface area contributed by atoms with Gasteiger partial charge < -0.3 is 5.32 Å². The maximum atomic E-state index is 13.1. The lowest BCUT2D eigenvalue weighted by atomic mass is 10.1. The molecule has 3 rings (SSSR count). The fraction of sp³-hybridized carbons (Fsp3) is 0.176. The van der Waals surface area contributed by atoms with E-state index in [9.17, 15) is 18.0 Å². The van der Waals surface area contributed by atoms with Crippen molar-refractivity contribution in [2.45, 2.75) is 18.3 Å². The van der Waals surface area contributed by atoms with Gasteiger partial charge in [-0.3, -0.25) is 4.79 Å². The number of amides is 1. The minimum Gasteiger partial charge on any atom is -0.325 e. The lowest BCUT2D eigenvalue weighted by Crippen LogP contribution is -2.18. The summed E-state index contributed by atoms with van der Waals surface area (Å²) >= 11 is 6.64. The Labute approximate surface area is 167 Å². The zero-order valence-electron chi connectivity index (χ0n) is 14.4. The number of rotatable bonds is 5. The number of aryl methyl sites for hydroxylation is 1. The highest BCUT2D eigenvalue weighted by Gasteiger charge is 2.34. The molecule has 0 aliphatic carbocycles. The summed E-state index contributed by atoms with van der Waals surface area (Å²) in [4.78, 5) is 12.2. The minimum atomic E-state index is -4.64. The summed E-state index contributed by atoms with van der Waals surface area (Å²) in [5.41, 5.74) is 0.345. The highest BCUT2D eigenvalue weighted by Crippen LogP contribution is 2.36. The van der Waals surface area contributed by atoms with Gasteiger partial charge in [-0.25, -0.2) is 0 Å². The fourth-order valence-electron chi connectivity index (χ4n) is 2.37. The molecular weight excluding hydrogens is 415 g/mol. The molecule has 0 saturated carbocycles. The van der Waals surface area contributed by atoms with Gasteiger partial charge >= 0.3 is 6.18 Å². The average molecular weight is 428 g/mol. The molecule has 0 atom stereocenters. The Bertz CT molecular complexity index is 1010. The number of alkyl halides is 3. The molecule has 0 radical (unpaired) electrons. The predicted molar refractivity (Wildman–Crippen MR) is 99.7 cm³/mol. The van der Waals surface area contributed by atoms with Crippen molar-refractivity contribution in [2.24, 2.45) is 0 Å². The maximum Gasteiger partial charge on any atom is 0.418 e. The van der Waals surface area contributed by atoms with Gasteiger partial charge in [-0.1, -0.05) is 35.5 Å². The Morgan fingerprint density at radius 2 is 2.04 bits per heavy atom. The largest absolute Gasteiger partial charge is 0.418 e. The van der Waals surface area contributed by atoms with Gasteiger partial charge in [0.2, 0.25) is 11.1 Å². The van der Waals surface area contributed by atoms with Crippen molar-refractivity contribution in [3.8, 4) is 5.69 Å². The molecule has 28 heavy (non-hydrogen) atoms. The van der Waals surface area contributed by atoms with Crippen LogP contribution in [0.1, 0.15) is 11.1 Å². The Morgan fingerprint density at radius 3 is 2.75 bits per heavy atom. The van der Waals surface area contributed by atoms with Gasteiger partial charge in [-0.2, -0.15) is 17.9 Å². The van der Waals surface area contributed by atoms with E-state index in [1.807, 2.05) is 25.1 Å². The van der Waals surface area contributed by atoms with Crippen LogP contribution in [0.25, 0.3) is 5.69 Å². The van der Waals surface area contributed by atoms with Crippen molar-refractivity contribution in [1.29, 1.82) is 0 Å². The van der Waals surface area contributed by atoms with Gasteiger partial charge in [-0.05, 0) is 53.2 Å². The Balaban J connectivity index is 1.71. The number of aromatic nitrogens is 4. The Kier molecular flexibility index (Phi) is 5.90. The van der Waals surface area contributed by atoms with Gasteiger partial charge in [0.25, 0.3) is 0 Å². The molecule has 3 aromatic rings. The molecule has 0 fully saturated rings. The van der Waals surface area contributed by atoms with E-state index in [4.69, 9.17) is 11.6 Å². The van der Waals surface area contributed by atoms with Crippen LogP contribution >= 0.6 is 23.4 Å². The van der Waals surface area contributed by atoms with Crippen molar-refractivity contribution in [1.82, 2.24) is 20.2 Å². The first-order chi connectivity index (χ1) is 13.2. The molecule has 146 valence electrons. The van der Waals surface area contributed by atoms with Gasteiger partial charge in [0.15, 0.2) is 0 Å². The number of halogens is 4. The molecule has 1 N–H and O–H groups in total. The molecule has 0 spiro atoms. The summed E-state index contributed by atoms with van der Waals surface area (Å²) in [5.74, 6) is -0.803. The normalized spacial score (nSPS) is 11.5. The first-order valence-electron chi connectivity index (χ1n) is 7.89. The second-order valence-electron chi connectivity index (χ2n) is 5.74. The summed E-state index contributed by atoms with van der Waals surface area (Å²) in [6.07, 6.45) is -4.64. The fourth-order valence-corrected chi connectivity index (χ4v) is 3.23. The lowest BCUT2D eigenvalue weighted by molar-refractivity contribution is -0.137. The maximum absolute atomic E-state index is 13.1. The molecule has 0 aliphatic heterocycles. The van der Waals surface area contributed by atoms with Crippen molar-refractivity contribution in [2.75, 3.05) is 11.1 Å². The third-order valence-electron chi connectivity index (χ3n) is 3.58. The second kappa shape index (κ2) is 8.19. The first kappa shape index (κ1) is 20.2. The molecule has 1 aromatic heterocycles. The molecule has 1 amide bonds. The lowest BCUT2D eigenvalue weighted by Gasteiger charge is -2.14.